The number of carbonyl (C=O) groups is 1. The van der Waals surface area contributed by atoms with Crippen LogP contribution in [0.1, 0.15) is 13.3 Å². The number of nitrogens with one attached hydrogen (secondary N) is 2. The maximum Gasteiger partial charge on any atom is 0.226 e. The molecule has 7 heteroatoms. The minimum absolute atomic E-state index is 0.124. The van der Waals surface area contributed by atoms with Crippen molar-refractivity contribution in [3.05, 3.63) is 16.5 Å². The Bertz CT molecular complexity index is 373. The highest BCUT2D eigenvalue weighted by Crippen LogP contribution is 2.25. The van der Waals surface area contributed by atoms with Crippen LogP contribution in [0.25, 0.3) is 0 Å². The number of aromatic nitrogens is 2. The Balaban J connectivity index is 2.53. The zero-order valence-corrected chi connectivity index (χ0v) is 10.3. The quantitative estimate of drug-likeness (QED) is 0.627. The van der Waals surface area contributed by atoms with Gasteiger partial charge >= 0.3 is 0 Å². The summed E-state index contributed by atoms with van der Waals surface area (Å²) in [6.45, 7) is 3.41. The van der Waals surface area contributed by atoms with Crippen LogP contribution in [0.5, 0.6) is 0 Å². The van der Waals surface area contributed by atoms with Crippen molar-refractivity contribution < 1.29 is 4.79 Å². The molecule has 0 unspecified atom stereocenters. The molecule has 0 aliphatic carbocycles. The average molecular weight is 263 g/mol. The van der Waals surface area contributed by atoms with Gasteiger partial charge in [-0.25, -0.2) is 9.97 Å². The van der Waals surface area contributed by atoms with E-state index < -0.39 is 0 Å². The van der Waals surface area contributed by atoms with Crippen LogP contribution in [0, 0.1) is 0 Å². The molecule has 16 heavy (non-hydrogen) atoms. The van der Waals surface area contributed by atoms with Gasteiger partial charge < -0.3 is 10.6 Å². The molecule has 0 fully saturated rings. The number of carbonyl (C=O) groups excluding carboxylic acids is 1. The van der Waals surface area contributed by atoms with Crippen molar-refractivity contribution in [1.29, 1.82) is 0 Å². The van der Waals surface area contributed by atoms with Gasteiger partial charge in [0.15, 0.2) is 11.0 Å². The lowest BCUT2D eigenvalue weighted by Crippen LogP contribution is -2.21. The fraction of sp³-hybridized carbons (Fsp3) is 0.444. The lowest BCUT2D eigenvalue weighted by atomic mass is 10.4. The first kappa shape index (κ1) is 13.2. The molecule has 1 heterocycles. The molecule has 0 bridgehead atoms. The molecule has 0 aliphatic heterocycles. The Labute approximate surface area is 104 Å². The molecule has 0 saturated carbocycles. The first-order chi connectivity index (χ1) is 7.65. The molecule has 88 valence electrons. The van der Waals surface area contributed by atoms with E-state index in [4.69, 9.17) is 23.2 Å². The van der Waals surface area contributed by atoms with Crippen LogP contribution in [0.4, 0.5) is 5.82 Å². The predicted octanol–water partition coefficient (Wildman–Crippen LogP) is 1.72. The van der Waals surface area contributed by atoms with Gasteiger partial charge in [0.1, 0.15) is 11.3 Å². The van der Waals surface area contributed by atoms with Crippen LogP contribution in [-0.4, -0.2) is 29.0 Å². The second-order valence-electron chi connectivity index (χ2n) is 2.98. The molecule has 0 spiro atoms. The normalized spacial score (nSPS) is 10.2. The maximum absolute atomic E-state index is 11.4. The molecule has 1 rings (SSSR count). The summed E-state index contributed by atoms with van der Waals surface area (Å²) in [4.78, 5) is 18.9. The van der Waals surface area contributed by atoms with Crippen LogP contribution in [0.2, 0.25) is 10.2 Å². The van der Waals surface area contributed by atoms with Crippen molar-refractivity contribution in [2.24, 2.45) is 0 Å². The largest absolute Gasteiger partial charge is 0.316 e. The highest BCUT2D eigenvalue weighted by Gasteiger charge is 2.09. The van der Waals surface area contributed by atoms with Crippen molar-refractivity contribution in [3.63, 3.8) is 0 Å². The van der Waals surface area contributed by atoms with Crippen LogP contribution in [0.15, 0.2) is 6.33 Å². The molecule has 0 atom stereocenters. The minimum atomic E-state index is -0.169. The lowest BCUT2D eigenvalue weighted by Gasteiger charge is -2.06. The second kappa shape index (κ2) is 6.62. The monoisotopic (exact) mass is 262 g/mol. The fourth-order valence-corrected chi connectivity index (χ4v) is 1.29. The van der Waals surface area contributed by atoms with E-state index in [0.29, 0.717) is 13.0 Å². The van der Waals surface area contributed by atoms with E-state index in [2.05, 4.69) is 20.6 Å². The third-order valence-corrected chi connectivity index (χ3v) is 2.52. The summed E-state index contributed by atoms with van der Waals surface area (Å²) in [5.74, 6) is 0.0702. The SMILES string of the molecule is CCNCCC(=O)Nc1ncnc(Cl)c1Cl. The molecule has 0 saturated heterocycles. The first-order valence-corrected chi connectivity index (χ1v) is 5.57. The molecule has 0 aliphatic rings. The Morgan fingerprint density at radius 2 is 2.19 bits per heavy atom. The van der Waals surface area contributed by atoms with Crippen molar-refractivity contribution in [2.45, 2.75) is 13.3 Å². The Morgan fingerprint density at radius 1 is 1.44 bits per heavy atom. The first-order valence-electron chi connectivity index (χ1n) is 4.81. The third kappa shape index (κ3) is 3.92. The van der Waals surface area contributed by atoms with Crippen LogP contribution in [-0.2, 0) is 4.79 Å². The molecule has 5 nitrogen and oxygen atoms in total. The number of nitrogens with zero attached hydrogens (tertiary/aromatic N) is 2. The Morgan fingerprint density at radius 3 is 2.88 bits per heavy atom. The van der Waals surface area contributed by atoms with Crippen LogP contribution in [0.3, 0.4) is 0 Å². The van der Waals surface area contributed by atoms with Crippen molar-refractivity contribution in [2.75, 3.05) is 18.4 Å². The number of rotatable bonds is 5. The van der Waals surface area contributed by atoms with Gasteiger partial charge in [-0.2, -0.15) is 0 Å². The lowest BCUT2D eigenvalue weighted by molar-refractivity contribution is -0.116. The Hall–Kier alpha value is -0.910. The average Bonchev–Trinajstić information content (AvgIpc) is 2.25. The van der Waals surface area contributed by atoms with E-state index in [1.807, 2.05) is 6.92 Å². The van der Waals surface area contributed by atoms with Gasteiger partial charge in [0.2, 0.25) is 5.91 Å². The van der Waals surface area contributed by atoms with Crippen molar-refractivity contribution in [3.8, 4) is 0 Å². The number of hydrogen-bond acceptors (Lipinski definition) is 4. The van der Waals surface area contributed by atoms with E-state index >= 15 is 0 Å². The zero-order chi connectivity index (χ0) is 12.0. The van der Waals surface area contributed by atoms with E-state index in [1.165, 1.54) is 6.33 Å². The number of amides is 1. The van der Waals surface area contributed by atoms with Gasteiger partial charge in [0, 0.05) is 13.0 Å². The van der Waals surface area contributed by atoms with Crippen LogP contribution >= 0.6 is 23.2 Å². The van der Waals surface area contributed by atoms with Crippen LogP contribution < -0.4 is 10.6 Å². The summed E-state index contributed by atoms with van der Waals surface area (Å²) in [7, 11) is 0. The van der Waals surface area contributed by atoms with E-state index in [-0.39, 0.29) is 21.9 Å². The highest BCUT2D eigenvalue weighted by atomic mass is 35.5. The molecule has 1 aromatic heterocycles. The third-order valence-electron chi connectivity index (χ3n) is 1.78. The van der Waals surface area contributed by atoms with Gasteiger partial charge in [-0.05, 0) is 6.54 Å². The predicted molar refractivity (Wildman–Crippen MR) is 63.8 cm³/mol. The van der Waals surface area contributed by atoms with Gasteiger partial charge in [-0.3, -0.25) is 4.79 Å². The summed E-state index contributed by atoms with van der Waals surface area (Å²) in [6.07, 6.45) is 1.60. The fourth-order valence-electron chi connectivity index (χ4n) is 1.01. The number of hydrogen-bond donors (Lipinski definition) is 2. The zero-order valence-electron chi connectivity index (χ0n) is 8.76. The van der Waals surface area contributed by atoms with Gasteiger partial charge in [-0.1, -0.05) is 30.1 Å². The summed E-state index contributed by atoms with van der Waals surface area (Å²) >= 11 is 11.5. The molecular weight excluding hydrogens is 251 g/mol. The standard InChI is InChI=1S/C9H12Cl2N4O/c1-2-12-4-3-6(16)15-9-7(10)8(11)13-5-14-9/h5,12H,2-4H2,1H3,(H,13,14,15,16). The van der Waals surface area contributed by atoms with E-state index in [9.17, 15) is 4.79 Å². The maximum atomic E-state index is 11.4. The molecule has 1 amide bonds. The molecule has 1 aromatic rings. The Kier molecular flexibility index (Phi) is 5.45. The second-order valence-corrected chi connectivity index (χ2v) is 3.71. The molecular formula is C9H12Cl2N4O. The van der Waals surface area contributed by atoms with Gasteiger partial charge in [-0.15, -0.1) is 0 Å². The topological polar surface area (TPSA) is 66.9 Å². The van der Waals surface area contributed by atoms with Crippen molar-refractivity contribution >= 4 is 34.9 Å². The summed E-state index contributed by atoms with van der Waals surface area (Å²) < 4.78 is 0. The number of anilines is 1. The highest BCUT2D eigenvalue weighted by molar-refractivity contribution is 6.42. The molecule has 0 aromatic carbocycles. The van der Waals surface area contributed by atoms with Gasteiger partial charge in [0.05, 0.1) is 0 Å². The van der Waals surface area contributed by atoms with E-state index in [1.54, 1.807) is 0 Å². The smallest absolute Gasteiger partial charge is 0.226 e. The molecule has 2 N–H and O–H groups in total. The van der Waals surface area contributed by atoms with E-state index in [0.717, 1.165) is 6.54 Å². The van der Waals surface area contributed by atoms with Crippen molar-refractivity contribution in [1.82, 2.24) is 15.3 Å². The summed E-state index contributed by atoms with van der Waals surface area (Å²) in [5.41, 5.74) is 0. The number of halogens is 2. The molecule has 0 radical (unpaired) electrons. The summed E-state index contributed by atoms with van der Waals surface area (Å²) in [5, 5.41) is 5.88. The van der Waals surface area contributed by atoms with Gasteiger partial charge in [0.25, 0.3) is 0 Å². The summed E-state index contributed by atoms with van der Waals surface area (Å²) in [6, 6.07) is 0. The minimum Gasteiger partial charge on any atom is -0.316 e.